The van der Waals surface area contributed by atoms with Crippen LogP contribution in [0.2, 0.25) is 0 Å². The van der Waals surface area contributed by atoms with Crippen LogP contribution in [0.15, 0.2) is 24.3 Å². The van der Waals surface area contributed by atoms with E-state index in [-0.39, 0.29) is 5.75 Å². The van der Waals surface area contributed by atoms with E-state index in [9.17, 15) is 8.42 Å². The Labute approximate surface area is 127 Å². The Morgan fingerprint density at radius 3 is 2.76 bits per heavy atom. The van der Waals surface area contributed by atoms with Crippen LogP contribution in [0.25, 0.3) is 0 Å². The van der Waals surface area contributed by atoms with Crippen LogP contribution in [0.3, 0.4) is 0 Å². The summed E-state index contributed by atoms with van der Waals surface area (Å²) in [5.74, 6) is 0.0426. The number of nitrogens with zero attached hydrogens (tertiary/aromatic N) is 1. The highest BCUT2D eigenvalue weighted by Crippen LogP contribution is 2.14. The number of sulfonamides is 1. The maximum Gasteiger partial charge on any atom is 0.215 e. The molecule has 2 rings (SSSR count). The van der Waals surface area contributed by atoms with E-state index in [1.165, 1.54) is 0 Å². The smallest absolute Gasteiger partial charge is 0.215 e. The molecule has 1 aliphatic rings. The molecule has 1 heterocycles. The van der Waals surface area contributed by atoms with Crippen molar-refractivity contribution < 1.29 is 8.42 Å². The molecular weight excluding hydrogens is 286 g/mol. The Morgan fingerprint density at radius 1 is 1.33 bits per heavy atom. The first-order chi connectivity index (χ1) is 10.00. The normalized spacial score (nSPS) is 20.0. The van der Waals surface area contributed by atoms with Gasteiger partial charge >= 0.3 is 0 Å². The molecule has 21 heavy (non-hydrogen) atoms. The Morgan fingerprint density at radius 2 is 2.10 bits per heavy atom. The first-order valence-electron chi connectivity index (χ1n) is 7.40. The monoisotopic (exact) mass is 311 g/mol. The van der Waals surface area contributed by atoms with E-state index in [2.05, 4.69) is 14.9 Å². The standard InChI is InChI=1S/C15H25N3O2S/c1-16-10-13-5-3-6-14(9-13)12-21(19,20)17-11-15-7-4-8-18(15)2/h3,5-6,9,15-17H,4,7-8,10-12H2,1-2H3. The Balaban J connectivity index is 1.92. The fourth-order valence-corrected chi connectivity index (χ4v) is 3.93. The first kappa shape index (κ1) is 16.4. The van der Waals surface area contributed by atoms with Crippen LogP contribution in [0.5, 0.6) is 0 Å². The van der Waals surface area contributed by atoms with Crippen LogP contribution in [0, 0.1) is 0 Å². The minimum atomic E-state index is -3.27. The minimum absolute atomic E-state index is 0.0426. The number of hydrogen-bond donors (Lipinski definition) is 2. The molecule has 1 saturated heterocycles. The number of rotatable bonds is 7. The molecule has 1 aromatic carbocycles. The van der Waals surface area contributed by atoms with Gasteiger partial charge in [-0.3, -0.25) is 0 Å². The second kappa shape index (κ2) is 7.35. The second-order valence-electron chi connectivity index (χ2n) is 5.73. The molecule has 1 aliphatic heterocycles. The van der Waals surface area contributed by atoms with Gasteiger partial charge in [-0.05, 0) is 44.6 Å². The molecule has 1 atom stereocenters. The largest absolute Gasteiger partial charge is 0.316 e. The van der Waals surface area contributed by atoms with Crippen molar-refractivity contribution in [3.05, 3.63) is 35.4 Å². The van der Waals surface area contributed by atoms with Crippen molar-refractivity contribution in [1.82, 2.24) is 14.9 Å². The van der Waals surface area contributed by atoms with Gasteiger partial charge in [0.2, 0.25) is 10.0 Å². The van der Waals surface area contributed by atoms with Crippen molar-refractivity contribution in [3.63, 3.8) is 0 Å². The van der Waals surface area contributed by atoms with Gasteiger partial charge in [-0.15, -0.1) is 0 Å². The third-order valence-electron chi connectivity index (χ3n) is 3.94. The van der Waals surface area contributed by atoms with Crippen molar-refractivity contribution in [2.75, 3.05) is 27.2 Å². The molecule has 5 nitrogen and oxygen atoms in total. The van der Waals surface area contributed by atoms with Gasteiger partial charge in [0.25, 0.3) is 0 Å². The predicted octanol–water partition coefficient (Wildman–Crippen LogP) is 0.920. The van der Waals surface area contributed by atoms with E-state index >= 15 is 0 Å². The van der Waals surface area contributed by atoms with Gasteiger partial charge in [0.05, 0.1) is 5.75 Å². The van der Waals surface area contributed by atoms with Gasteiger partial charge in [0.1, 0.15) is 0 Å². The lowest BCUT2D eigenvalue weighted by molar-refractivity contribution is 0.311. The minimum Gasteiger partial charge on any atom is -0.316 e. The zero-order chi connectivity index (χ0) is 15.3. The molecule has 0 bridgehead atoms. The summed E-state index contributed by atoms with van der Waals surface area (Å²) in [6, 6.07) is 8.03. The molecular formula is C15H25N3O2S. The molecule has 6 heteroatoms. The van der Waals surface area contributed by atoms with Crippen LogP contribution >= 0.6 is 0 Å². The third kappa shape index (κ3) is 5.07. The lowest BCUT2D eigenvalue weighted by Crippen LogP contribution is -2.38. The van der Waals surface area contributed by atoms with Crippen molar-refractivity contribution in [1.29, 1.82) is 0 Å². The van der Waals surface area contributed by atoms with Crippen molar-refractivity contribution in [2.24, 2.45) is 0 Å². The molecule has 1 aromatic rings. The SMILES string of the molecule is CNCc1cccc(CS(=O)(=O)NCC2CCCN2C)c1. The molecule has 118 valence electrons. The average molecular weight is 311 g/mol. The van der Waals surface area contributed by atoms with Gasteiger partial charge in [0.15, 0.2) is 0 Å². The molecule has 0 aliphatic carbocycles. The zero-order valence-electron chi connectivity index (χ0n) is 12.8. The van der Waals surface area contributed by atoms with E-state index in [4.69, 9.17) is 0 Å². The fraction of sp³-hybridized carbons (Fsp3) is 0.600. The highest BCUT2D eigenvalue weighted by atomic mass is 32.2. The van der Waals surface area contributed by atoms with Crippen LogP contribution in [-0.4, -0.2) is 46.5 Å². The van der Waals surface area contributed by atoms with E-state index in [0.717, 1.165) is 37.1 Å². The molecule has 1 unspecified atom stereocenters. The highest BCUT2D eigenvalue weighted by Gasteiger charge is 2.22. The fourth-order valence-electron chi connectivity index (χ4n) is 2.76. The summed E-state index contributed by atoms with van der Waals surface area (Å²) in [6.07, 6.45) is 2.21. The number of hydrogen-bond acceptors (Lipinski definition) is 4. The summed E-state index contributed by atoms with van der Waals surface area (Å²) < 4.78 is 27.1. The average Bonchev–Trinajstić information content (AvgIpc) is 2.82. The maximum atomic E-state index is 12.2. The molecule has 0 spiro atoms. The summed E-state index contributed by atoms with van der Waals surface area (Å²) in [7, 11) is 0.653. The van der Waals surface area contributed by atoms with Crippen LogP contribution < -0.4 is 10.0 Å². The lowest BCUT2D eigenvalue weighted by atomic mass is 10.1. The van der Waals surface area contributed by atoms with Crippen LogP contribution in [0.4, 0.5) is 0 Å². The quantitative estimate of drug-likeness (QED) is 0.786. The summed E-state index contributed by atoms with van der Waals surface area (Å²) in [6.45, 7) is 2.31. The summed E-state index contributed by atoms with van der Waals surface area (Å²) in [5, 5.41) is 3.07. The van der Waals surface area contributed by atoms with Crippen LogP contribution in [-0.2, 0) is 22.3 Å². The van der Waals surface area contributed by atoms with Crippen molar-refractivity contribution in [3.8, 4) is 0 Å². The van der Waals surface area contributed by atoms with Gasteiger partial charge < -0.3 is 10.2 Å². The molecule has 0 amide bonds. The Hall–Kier alpha value is -0.950. The number of likely N-dealkylation sites (tertiary alicyclic amines) is 1. The summed E-state index contributed by atoms with van der Waals surface area (Å²) in [5.41, 5.74) is 1.93. The van der Waals surface area contributed by atoms with Crippen LogP contribution in [0.1, 0.15) is 24.0 Å². The van der Waals surface area contributed by atoms with E-state index in [1.807, 2.05) is 38.4 Å². The van der Waals surface area contributed by atoms with Gasteiger partial charge in [-0.25, -0.2) is 13.1 Å². The predicted molar refractivity (Wildman–Crippen MR) is 85.5 cm³/mol. The first-order valence-corrected chi connectivity index (χ1v) is 9.05. The Kier molecular flexibility index (Phi) is 5.75. The molecule has 0 saturated carbocycles. The van der Waals surface area contributed by atoms with Gasteiger partial charge in [-0.1, -0.05) is 24.3 Å². The number of likely N-dealkylation sites (N-methyl/N-ethyl adjacent to an activating group) is 1. The molecule has 1 fully saturated rings. The maximum absolute atomic E-state index is 12.2. The van der Waals surface area contributed by atoms with E-state index in [0.29, 0.717) is 12.6 Å². The third-order valence-corrected chi connectivity index (χ3v) is 5.26. The molecule has 0 aromatic heterocycles. The number of nitrogens with one attached hydrogen (secondary N) is 2. The molecule has 2 N–H and O–H groups in total. The van der Waals surface area contributed by atoms with Gasteiger partial charge in [0, 0.05) is 19.1 Å². The Bertz CT molecular complexity index is 560. The molecule has 0 radical (unpaired) electrons. The summed E-state index contributed by atoms with van der Waals surface area (Å²) >= 11 is 0. The zero-order valence-corrected chi connectivity index (χ0v) is 13.6. The second-order valence-corrected chi connectivity index (χ2v) is 7.54. The van der Waals surface area contributed by atoms with Crippen molar-refractivity contribution >= 4 is 10.0 Å². The topological polar surface area (TPSA) is 61.4 Å². The highest BCUT2D eigenvalue weighted by molar-refractivity contribution is 7.88. The van der Waals surface area contributed by atoms with Crippen molar-refractivity contribution in [2.45, 2.75) is 31.2 Å². The summed E-state index contributed by atoms with van der Waals surface area (Å²) in [4.78, 5) is 2.22. The number of benzene rings is 1. The van der Waals surface area contributed by atoms with Gasteiger partial charge in [-0.2, -0.15) is 0 Å². The van der Waals surface area contributed by atoms with E-state index < -0.39 is 10.0 Å². The lowest BCUT2D eigenvalue weighted by Gasteiger charge is -2.19. The van der Waals surface area contributed by atoms with E-state index in [1.54, 1.807) is 0 Å².